The number of hydrogen-bond acceptors (Lipinski definition) is 2. The minimum Gasteiger partial charge on any atom is -0.384 e. The molecule has 120 valence electrons. The van der Waals surface area contributed by atoms with E-state index in [-0.39, 0.29) is 23.0 Å². The van der Waals surface area contributed by atoms with Crippen LogP contribution in [0.4, 0.5) is 0 Å². The van der Waals surface area contributed by atoms with Gasteiger partial charge in [0.25, 0.3) is 5.56 Å². The van der Waals surface area contributed by atoms with Gasteiger partial charge < -0.3 is 10.3 Å². The molecular formula is C19H23N3O. The van der Waals surface area contributed by atoms with Crippen LogP contribution in [0.1, 0.15) is 49.4 Å². The minimum atomic E-state index is -0.192. The Balaban J connectivity index is 2.18. The maximum absolute atomic E-state index is 12.7. The number of rotatable bonds is 3. The van der Waals surface area contributed by atoms with Crippen molar-refractivity contribution in [3.05, 3.63) is 57.4 Å². The lowest BCUT2D eigenvalue weighted by molar-refractivity contribution is 0.584. The topological polar surface area (TPSA) is 71.9 Å². The second-order valence-corrected chi connectivity index (χ2v) is 6.51. The van der Waals surface area contributed by atoms with E-state index in [0.717, 1.165) is 24.1 Å². The highest BCUT2D eigenvalue weighted by Crippen LogP contribution is 2.28. The largest absolute Gasteiger partial charge is 0.384 e. The molecule has 0 saturated carbocycles. The molecule has 0 amide bonds. The van der Waals surface area contributed by atoms with E-state index in [0.29, 0.717) is 0 Å². The fraction of sp³-hybridized carbons (Fsp3) is 0.368. The van der Waals surface area contributed by atoms with Gasteiger partial charge in [-0.05, 0) is 74.4 Å². The van der Waals surface area contributed by atoms with Crippen LogP contribution >= 0.6 is 0 Å². The molecule has 4 nitrogen and oxygen atoms in total. The van der Waals surface area contributed by atoms with Crippen LogP contribution in [0.2, 0.25) is 0 Å². The summed E-state index contributed by atoms with van der Waals surface area (Å²) in [5.41, 5.74) is 10.4. The number of nitrogens with two attached hydrogens (primary N) is 1. The van der Waals surface area contributed by atoms with Crippen molar-refractivity contribution in [2.24, 2.45) is 5.73 Å². The Kier molecular flexibility index (Phi) is 4.07. The number of aryl methyl sites for hydroxylation is 2. The number of aromatic nitrogens is 1. The van der Waals surface area contributed by atoms with Crippen molar-refractivity contribution in [3.63, 3.8) is 0 Å². The van der Waals surface area contributed by atoms with Gasteiger partial charge >= 0.3 is 0 Å². The number of nitrogens with one attached hydrogen (secondary N) is 1. The van der Waals surface area contributed by atoms with E-state index in [9.17, 15) is 4.79 Å². The van der Waals surface area contributed by atoms with Gasteiger partial charge in [-0.1, -0.05) is 12.1 Å². The van der Waals surface area contributed by atoms with Gasteiger partial charge in [-0.25, -0.2) is 0 Å². The van der Waals surface area contributed by atoms with Gasteiger partial charge in [-0.3, -0.25) is 10.2 Å². The maximum atomic E-state index is 12.7. The van der Waals surface area contributed by atoms with Crippen molar-refractivity contribution in [2.75, 3.05) is 0 Å². The van der Waals surface area contributed by atoms with E-state index < -0.39 is 0 Å². The highest BCUT2D eigenvalue weighted by Gasteiger charge is 2.16. The van der Waals surface area contributed by atoms with Gasteiger partial charge in [0, 0.05) is 6.04 Å². The Bertz CT molecular complexity index is 818. The van der Waals surface area contributed by atoms with Crippen LogP contribution in [0, 0.1) is 5.41 Å². The Hall–Kier alpha value is -2.36. The SMILES string of the molecule is CC(C)n1c(-c2ccc3c(c2)CCCC3)ccc(C(=N)N)c1=O. The number of amidine groups is 1. The second kappa shape index (κ2) is 6.03. The molecule has 3 N–H and O–H groups in total. The number of fused-ring (bicyclic) bond motifs is 1. The van der Waals surface area contributed by atoms with Gasteiger partial charge in [0.05, 0.1) is 11.3 Å². The third-order valence-corrected chi connectivity index (χ3v) is 4.57. The first-order valence-corrected chi connectivity index (χ1v) is 8.21. The molecule has 0 fully saturated rings. The third kappa shape index (κ3) is 2.81. The predicted octanol–water partition coefficient (Wildman–Crippen LogP) is 3.26. The van der Waals surface area contributed by atoms with Crippen LogP contribution in [-0.4, -0.2) is 10.4 Å². The summed E-state index contributed by atoms with van der Waals surface area (Å²) in [6, 6.07) is 10.1. The lowest BCUT2D eigenvalue weighted by Gasteiger charge is -2.20. The molecule has 0 spiro atoms. The van der Waals surface area contributed by atoms with E-state index in [2.05, 4.69) is 18.2 Å². The first-order valence-electron chi connectivity index (χ1n) is 8.21. The molecule has 0 radical (unpaired) electrons. The van der Waals surface area contributed by atoms with E-state index in [1.54, 1.807) is 10.6 Å². The summed E-state index contributed by atoms with van der Waals surface area (Å²) in [6.07, 6.45) is 4.75. The molecule has 0 bridgehead atoms. The Labute approximate surface area is 136 Å². The average Bonchev–Trinajstić information content (AvgIpc) is 2.53. The lowest BCUT2D eigenvalue weighted by Crippen LogP contribution is -2.31. The summed E-state index contributed by atoms with van der Waals surface area (Å²) in [6.45, 7) is 3.96. The summed E-state index contributed by atoms with van der Waals surface area (Å²) in [5.74, 6) is -0.179. The quantitative estimate of drug-likeness (QED) is 0.675. The zero-order valence-corrected chi connectivity index (χ0v) is 13.7. The summed E-state index contributed by atoms with van der Waals surface area (Å²) in [7, 11) is 0. The Morgan fingerprint density at radius 2 is 1.83 bits per heavy atom. The fourth-order valence-electron chi connectivity index (χ4n) is 3.40. The molecule has 0 saturated heterocycles. The monoisotopic (exact) mass is 309 g/mol. The van der Waals surface area contributed by atoms with E-state index >= 15 is 0 Å². The number of hydrogen-bond donors (Lipinski definition) is 2. The second-order valence-electron chi connectivity index (χ2n) is 6.51. The molecule has 1 aliphatic carbocycles. The zero-order valence-electron chi connectivity index (χ0n) is 13.7. The van der Waals surface area contributed by atoms with Gasteiger partial charge in [0.2, 0.25) is 0 Å². The van der Waals surface area contributed by atoms with Crippen molar-refractivity contribution >= 4 is 5.84 Å². The fourth-order valence-corrected chi connectivity index (χ4v) is 3.40. The van der Waals surface area contributed by atoms with Crippen molar-refractivity contribution in [1.82, 2.24) is 4.57 Å². The molecule has 1 aliphatic rings. The van der Waals surface area contributed by atoms with Crippen LogP contribution in [-0.2, 0) is 12.8 Å². The number of nitrogens with zero attached hydrogens (tertiary/aromatic N) is 1. The lowest BCUT2D eigenvalue weighted by atomic mass is 9.89. The van der Waals surface area contributed by atoms with Crippen LogP contribution < -0.4 is 11.3 Å². The van der Waals surface area contributed by atoms with Crippen molar-refractivity contribution in [2.45, 2.75) is 45.6 Å². The summed E-state index contributed by atoms with van der Waals surface area (Å²) in [4.78, 5) is 12.7. The van der Waals surface area contributed by atoms with Gasteiger partial charge in [0.1, 0.15) is 5.84 Å². The van der Waals surface area contributed by atoms with Crippen molar-refractivity contribution < 1.29 is 0 Å². The van der Waals surface area contributed by atoms with Crippen LogP contribution in [0.5, 0.6) is 0 Å². The number of benzene rings is 1. The van der Waals surface area contributed by atoms with E-state index in [1.165, 1.54) is 24.0 Å². The predicted molar refractivity (Wildman–Crippen MR) is 94.2 cm³/mol. The highest BCUT2D eigenvalue weighted by molar-refractivity contribution is 5.94. The smallest absolute Gasteiger partial charge is 0.262 e. The number of pyridine rings is 1. The average molecular weight is 309 g/mol. The summed E-state index contributed by atoms with van der Waals surface area (Å²) >= 11 is 0. The third-order valence-electron chi connectivity index (χ3n) is 4.57. The molecule has 2 aromatic rings. The van der Waals surface area contributed by atoms with Crippen LogP contribution in [0.15, 0.2) is 35.1 Å². The standard InChI is InChI=1S/C19H23N3O/c1-12(2)22-17(10-9-16(18(20)21)19(22)23)15-8-7-13-5-3-4-6-14(13)11-15/h7-12H,3-6H2,1-2H3,(H3,20,21). The van der Waals surface area contributed by atoms with Crippen molar-refractivity contribution in [3.8, 4) is 11.3 Å². The number of nitrogen functional groups attached to an aromatic ring is 1. The highest BCUT2D eigenvalue weighted by atomic mass is 16.1. The molecule has 3 rings (SSSR count). The van der Waals surface area contributed by atoms with E-state index in [4.69, 9.17) is 11.1 Å². The zero-order chi connectivity index (χ0) is 16.6. The molecule has 23 heavy (non-hydrogen) atoms. The molecule has 1 aromatic heterocycles. The molecular weight excluding hydrogens is 286 g/mol. The molecule has 0 atom stereocenters. The molecule has 0 aliphatic heterocycles. The van der Waals surface area contributed by atoms with Gasteiger partial charge in [-0.15, -0.1) is 0 Å². The maximum Gasteiger partial charge on any atom is 0.262 e. The first-order chi connectivity index (χ1) is 11.0. The normalized spacial score (nSPS) is 13.9. The minimum absolute atomic E-state index is 0.00725. The molecule has 4 heteroatoms. The summed E-state index contributed by atoms with van der Waals surface area (Å²) in [5, 5.41) is 7.58. The molecule has 1 heterocycles. The Morgan fingerprint density at radius 1 is 1.13 bits per heavy atom. The van der Waals surface area contributed by atoms with E-state index in [1.807, 2.05) is 19.9 Å². The molecule has 0 unspecified atom stereocenters. The summed E-state index contributed by atoms with van der Waals surface area (Å²) < 4.78 is 1.74. The first kappa shape index (κ1) is 15.5. The van der Waals surface area contributed by atoms with Crippen molar-refractivity contribution in [1.29, 1.82) is 5.41 Å². The van der Waals surface area contributed by atoms with Gasteiger partial charge in [0.15, 0.2) is 0 Å². The van der Waals surface area contributed by atoms with Crippen LogP contribution in [0.25, 0.3) is 11.3 Å². The Morgan fingerprint density at radius 3 is 2.48 bits per heavy atom. The van der Waals surface area contributed by atoms with Gasteiger partial charge in [-0.2, -0.15) is 0 Å². The van der Waals surface area contributed by atoms with Crippen LogP contribution in [0.3, 0.4) is 0 Å². The molecule has 1 aromatic carbocycles.